The number of nitriles is 1. The van der Waals surface area contributed by atoms with Crippen LogP contribution in [0.2, 0.25) is 0 Å². The van der Waals surface area contributed by atoms with Crippen LogP contribution in [0.4, 0.5) is 0 Å². The number of benzene rings is 1. The van der Waals surface area contributed by atoms with Crippen molar-refractivity contribution in [2.75, 3.05) is 7.11 Å². The summed E-state index contributed by atoms with van der Waals surface area (Å²) in [5.41, 5.74) is 1.15. The van der Waals surface area contributed by atoms with Crippen molar-refractivity contribution in [3.8, 4) is 6.07 Å². The average molecular weight is 286 g/mol. The fraction of sp³-hybridized carbons (Fsp3) is 0.529. The number of carbonyl (C=O) groups is 1. The van der Waals surface area contributed by atoms with Crippen LogP contribution in [-0.2, 0) is 11.2 Å². The van der Waals surface area contributed by atoms with E-state index in [1.54, 1.807) is 19.2 Å². The Hall–Kier alpha value is -1.86. The molecule has 4 nitrogen and oxygen atoms in total. The first-order chi connectivity index (χ1) is 9.84. The molecule has 1 saturated carbocycles. The van der Waals surface area contributed by atoms with E-state index in [1.807, 2.05) is 12.1 Å². The quantitative estimate of drug-likeness (QED) is 0.925. The maximum absolute atomic E-state index is 12.4. The number of rotatable bonds is 4. The molecule has 21 heavy (non-hydrogen) atoms. The molecule has 0 aliphatic heterocycles. The van der Waals surface area contributed by atoms with E-state index in [4.69, 9.17) is 10.00 Å². The van der Waals surface area contributed by atoms with Crippen molar-refractivity contribution in [3.63, 3.8) is 0 Å². The lowest BCUT2D eigenvalue weighted by Gasteiger charge is -2.59. The van der Waals surface area contributed by atoms with Crippen LogP contribution in [0.5, 0.6) is 0 Å². The van der Waals surface area contributed by atoms with E-state index in [-0.39, 0.29) is 23.0 Å². The van der Waals surface area contributed by atoms with Gasteiger partial charge in [0.15, 0.2) is 0 Å². The lowest BCUT2D eigenvalue weighted by atomic mass is 9.56. The molecule has 0 spiro atoms. The highest BCUT2D eigenvalue weighted by Crippen LogP contribution is 2.51. The molecule has 1 aromatic carbocycles. The van der Waals surface area contributed by atoms with Crippen LogP contribution < -0.4 is 5.32 Å². The van der Waals surface area contributed by atoms with E-state index in [9.17, 15) is 4.79 Å². The van der Waals surface area contributed by atoms with Gasteiger partial charge in [-0.1, -0.05) is 26.0 Å². The molecule has 1 aliphatic rings. The number of hydrogen-bond acceptors (Lipinski definition) is 3. The zero-order valence-electron chi connectivity index (χ0n) is 13.1. The summed E-state index contributed by atoms with van der Waals surface area (Å²) in [5.74, 6) is -0.0917. The molecule has 1 amide bonds. The molecule has 4 heteroatoms. The van der Waals surface area contributed by atoms with Crippen LogP contribution in [-0.4, -0.2) is 24.7 Å². The SMILES string of the molecule is CO[C@]1(C)C[C@H](NC(=O)c2cccc(CC#N)c2)C1(C)C. The minimum absolute atomic E-state index is 0.0917. The molecule has 0 radical (unpaired) electrons. The van der Waals surface area contributed by atoms with Gasteiger partial charge < -0.3 is 10.1 Å². The maximum Gasteiger partial charge on any atom is 0.251 e. The van der Waals surface area contributed by atoms with Crippen molar-refractivity contribution >= 4 is 5.91 Å². The fourth-order valence-electron chi connectivity index (χ4n) is 2.88. The predicted molar refractivity (Wildman–Crippen MR) is 80.8 cm³/mol. The first kappa shape index (κ1) is 15.5. The molecule has 1 aliphatic carbocycles. The van der Waals surface area contributed by atoms with Crippen LogP contribution in [0.1, 0.15) is 43.1 Å². The minimum atomic E-state index is -0.201. The largest absolute Gasteiger partial charge is 0.378 e. The number of methoxy groups -OCH3 is 1. The molecule has 0 bridgehead atoms. The predicted octanol–water partition coefficient (Wildman–Crippen LogP) is 2.69. The monoisotopic (exact) mass is 286 g/mol. The molecule has 0 aromatic heterocycles. The highest BCUT2D eigenvalue weighted by Gasteiger charge is 2.58. The van der Waals surface area contributed by atoms with E-state index in [1.165, 1.54) is 0 Å². The minimum Gasteiger partial charge on any atom is -0.378 e. The van der Waals surface area contributed by atoms with Gasteiger partial charge in [-0.05, 0) is 31.0 Å². The van der Waals surface area contributed by atoms with E-state index < -0.39 is 0 Å². The summed E-state index contributed by atoms with van der Waals surface area (Å²) in [6, 6.07) is 9.41. The summed E-state index contributed by atoms with van der Waals surface area (Å²) < 4.78 is 5.57. The lowest BCUT2D eigenvalue weighted by molar-refractivity contribution is -0.177. The third-order valence-electron chi connectivity index (χ3n) is 5.06. The van der Waals surface area contributed by atoms with Gasteiger partial charge in [0, 0.05) is 24.1 Å². The number of nitrogens with zero attached hydrogens (tertiary/aromatic N) is 1. The molecule has 0 saturated heterocycles. The normalized spacial score (nSPS) is 26.5. The highest BCUT2D eigenvalue weighted by atomic mass is 16.5. The van der Waals surface area contributed by atoms with Crippen molar-refractivity contribution < 1.29 is 9.53 Å². The molecule has 1 fully saturated rings. The molecule has 2 rings (SSSR count). The van der Waals surface area contributed by atoms with E-state index in [2.05, 4.69) is 32.2 Å². The smallest absolute Gasteiger partial charge is 0.251 e. The Kier molecular flexibility index (Phi) is 4.06. The summed E-state index contributed by atoms with van der Waals surface area (Å²) in [6.07, 6.45) is 1.12. The second-order valence-corrected chi connectivity index (χ2v) is 6.42. The van der Waals surface area contributed by atoms with Gasteiger partial charge in [-0.15, -0.1) is 0 Å². The van der Waals surface area contributed by atoms with Gasteiger partial charge in [-0.3, -0.25) is 4.79 Å². The number of nitrogens with one attached hydrogen (secondary N) is 1. The van der Waals surface area contributed by atoms with Gasteiger partial charge in [0.25, 0.3) is 5.91 Å². The van der Waals surface area contributed by atoms with Crippen molar-refractivity contribution in [1.82, 2.24) is 5.32 Å². The first-order valence-corrected chi connectivity index (χ1v) is 7.16. The molecule has 0 unspecified atom stereocenters. The molecule has 112 valence electrons. The topological polar surface area (TPSA) is 62.1 Å². The molecular weight excluding hydrogens is 264 g/mol. The maximum atomic E-state index is 12.4. The fourth-order valence-corrected chi connectivity index (χ4v) is 2.88. The van der Waals surface area contributed by atoms with Gasteiger partial charge in [-0.25, -0.2) is 0 Å². The van der Waals surface area contributed by atoms with Crippen LogP contribution in [0.3, 0.4) is 0 Å². The summed E-state index contributed by atoms with van der Waals surface area (Å²) in [6.45, 7) is 6.29. The van der Waals surface area contributed by atoms with Crippen LogP contribution >= 0.6 is 0 Å². The van der Waals surface area contributed by atoms with Gasteiger partial charge in [0.05, 0.1) is 18.1 Å². The third kappa shape index (κ3) is 2.66. The first-order valence-electron chi connectivity index (χ1n) is 7.16. The Morgan fingerprint density at radius 2 is 2.19 bits per heavy atom. The van der Waals surface area contributed by atoms with E-state index >= 15 is 0 Å². The Balaban J connectivity index is 2.07. The molecule has 0 heterocycles. The number of hydrogen-bond donors (Lipinski definition) is 1. The number of ether oxygens (including phenoxy) is 1. The third-order valence-corrected chi connectivity index (χ3v) is 5.06. The van der Waals surface area contributed by atoms with Crippen molar-refractivity contribution in [1.29, 1.82) is 5.26 Å². The Morgan fingerprint density at radius 3 is 2.76 bits per heavy atom. The molecule has 1 aromatic rings. The van der Waals surface area contributed by atoms with Crippen LogP contribution in [0.15, 0.2) is 24.3 Å². The Bertz CT molecular complexity index is 589. The van der Waals surface area contributed by atoms with Gasteiger partial charge in [0.1, 0.15) is 0 Å². The van der Waals surface area contributed by atoms with Crippen molar-refractivity contribution in [3.05, 3.63) is 35.4 Å². The lowest BCUT2D eigenvalue weighted by Crippen LogP contribution is -2.68. The zero-order valence-corrected chi connectivity index (χ0v) is 13.1. The summed E-state index contributed by atoms with van der Waals surface area (Å²) in [4.78, 5) is 12.4. The van der Waals surface area contributed by atoms with Gasteiger partial charge >= 0.3 is 0 Å². The van der Waals surface area contributed by atoms with Gasteiger partial charge in [-0.2, -0.15) is 5.26 Å². The second-order valence-electron chi connectivity index (χ2n) is 6.42. The van der Waals surface area contributed by atoms with E-state index in [0.29, 0.717) is 12.0 Å². The standard InChI is InChI=1S/C17H22N2O2/c1-16(2)14(11-17(16,3)21-4)19-15(20)13-7-5-6-12(10-13)8-9-18/h5-7,10,14H,8,11H2,1-4H3,(H,19,20)/t14-,17+/m0/s1. The highest BCUT2D eigenvalue weighted by molar-refractivity contribution is 5.94. The number of amides is 1. The van der Waals surface area contributed by atoms with Crippen molar-refractivity contribution in [2.45, 2.75) is 45.3 Å². The Labute approximate surface area is 126 Å². The van der Waals surface area contributed by atoms with Crippen molar-refractivity contribution in [2.24, 2.45) is 5.41 Å². The molecular formula is C17H22N2O2. The van der Waals surface area contributed by atoms with E-state index in [0.717, 1.165) is 12.0 Å². The molecule has 1 N–H and O–H groups in total. The number of carbonyl (C=O) groups excluding carboxylic acids is 1. The van der Waals surface area contributed by atoms with Crippen LogP contribution in [0.25, 0.3) is 0 Å². The summed E-state index contributed by atoms with van der Waals surface area (Å²) >= 11 is 0. The average Bonchev–Trinajstić information content (AvgIpc) is 2.47. The Morgan fingerprint density at radius 1 is 1.48 bits per heavy atom. The van der Waals surface area contributed by atoms with Crippen LogP contribution in [0, 0.1) is 16.7 Å². The second kappa shape index (κ2) is 5.50. The van der Waals surface area contributed by atoms with Gasteiger partial charge in [0.2, 0.25) is 0 Å². The zero-order chi connectivity index (χ0) is 15.7. The summed E-state index contributed by atoms with van der Waals surface area (Å²) in [7, 11) is 1.71. The molecule has 2 atom stereocenters. The summed E-state index contributed by atoms with van der Waals surface area (Å²) in [5, 5.41) is 11.8.